The summed E-state index contributed by atoms with van der Waals surface area (Å²) in [4.78, 5) is 0. The molecule has 3 N–H and O–H groups in total. The van der Waals surface area contributed by atoms with Crippen LogP contribution in [0.1, 0.15) is 5.56 Å². The van der Waals surface area contributed by atoms with Crippen molar-refractivity contribution in [2.45, 2.75) is 6.42 Å². The minimum atomic E-state index is 0.350. The van der Waals surface area contributed by atoms with Gasteiger partial charge in [0.05, 0.1) is 6.54 Å². The minimum absolute atomic E-state index is 0.350. The average molecular weight is 166 g/mol. The van der Waals surface area contributed by atoms with Gasteiger partial charge in [-0.05, 0) is 17.7 Å². The first-order valence-electron chi connectivity index (χ1n) is 4.08. The summed E-state index contributed by atoms with van der Waals surface area (Å²) in [6.07, 6.45) is 0.997. The summed E-state index contributed by atoms with van der Waals surface area (Å²) in [6, 6.07) is 6.03. The molecule has 0 aromatic heterocycles. The monoisotopic (exact) mass is 166 g/mol. The predicted octanol–water partition coefficient (Wildman–Crippen LogP) is 0.200. The number of hydrogen-bond donors (Lipinski definition) is 1. The Kier molecular flexibility index (Phi) is 1.87. The van der Waals surface area contributed by atoms with Crippen LogP contribution in [0.3, 0.4) is 0 Å². The zero-order valence-corrected chi connectivity index (χ0v) is 6.88. The van der Waals surface area contributed by atoms with Gasteiger partial charge in [-0.3, -0.25) is 0 Å². The largest absolute Gasteiger partial charge is 0.454 e. The molecule has 0 fully saturated rings. The fourth-order valence-corrected chi connectivity index (χ4v) is 1.30. The molecule has 64 valence electrons. The van der Waals surface area contributed by atoms with Crippen LogP contribution in [0, 0.1) is 0 Å². The molecule has 1 aliphatic heterocycles. The predicted molar refractivity (Wildman–Crippen MR) is 44.0 cm³/mol. The standard InChI is InChI=1S/C9H11NO2/c10-4-3-7-1-2-8-9(5-7)12-6-11-8/h1-2,5H,3-4,6,10H2/p+1. The molecule has 12 heavy (non-hydrogen) atoms. The van der Waals surface area contributed by atoms with Gasteiger partial charge in [0.25, 0.3) is 0 Å². The second-order valence-electron chi connectivity index (χ2n) is 2.79. The molecular formula is C9H12NO2+. The third-order valence-electron chi connectivity index (χ3n) is 1.90. The van der Waals surface area contributed by atoms with Crippen LogP contribution in [0.2, 0.25) is 0 Å². The number of ether oxygens (including phenoxy) is 2. The van der Waals surface area contributed by atoms with Gasteiger partial charge in [0.1, 0.15) is 0 Å². The van der Waals surface area contributed by atoms with E-state index in [1.54, 1.807) is 0 Å². The summed E-state index contributed by atoms with van der Waals surface area (Å²) in [5, 5.41) is 0. The van der Waals surface area contributed by atoms with Crippen LogP contribution >= 0.6 is 0 Å². The molecule has 1 aromatic rings. The Morgan fingerprint density at radius 3 is 2.92 bits per heavy atom. The minimum Gasteiger partial charge on any atom is -0.454 e. The quantitative estimate of drug-likeness (QED) is 0.682. The van der Waals surface area contributed by atoms with Gasteiger partial charge in [0.2, 0.25) is 6.79 Å². The van der Waals surface area contributed by atoms with Gasteiger partial charge in [-0.25, -0.2) is 0 Å². The van der Waals surface area contributed by atoms with E-state index in [9.17, 15) is 0 Å². The van der Waals surface area contributed by atoms with Crippen molar-refractivity contribution in [2.75, 3.05) is 13.3 Å². The van der Waals surface area contributed by atoms with E-state index in [-0.39, 0.29) is 0 Å². The van der Waals surface area contributed by atoms with Crippen molar-refractivity contribution in [1.29, 1.82) is 0 Å². The first-order chi connectivity index (χ1) is 5.90. The number of fused-ring (bicyclic) bond motifs is 1. The topological polar surface area (TPSA) is 46.1 Å². The van der Waals surface area contributed by atoms with Crippen molar-refractivity contribution in [3.8, 4) is 11.5 Å². The van der Waals surface area contributed by atoms with Crippen molar-refractivity contribution in [2.24, 2.45) is 0 Å². The third kappa shape index (κ3) is 1.23. The summed E-state index contributed by atoms with van der Waals surface area (Å²) in [7, 11) is 0. The highest BCUT2D eigenvalue weighted by Crippen LogP contribution is 2.32. The molecule has 3 nitrogen and oxygen atoms in total. The van der Waals surface area contributed by atoms with Crippen LogP contribution in [0.15, 0.2) is 18.2 Å². The fraction of sp³-hybridized carbons (Fsp3) is 0.333. The van der Waals surface area contributed by atoms with E-state index in [1.165, 1.54) is 5.56 Å². The molecule has 1 heterocycles. The first kappa shape index (κ1) is 7.43. The lowest BCUT2D eigenvalue weighted by molar-refractivity contribution is -0.366. The number of benzene rings is 1. The lowest BCUT2D eigenvalue weighted by Crippen LogP contribution is -2.51. The molecule has 0 unspecified atom stereocenters. The van der Waals surface area contributed by atoms with Gasteiger partial charge in [-0.15, -0.1) is 0 Å². The van der Waals surface area contributed by atoms with Crippen molar-refractivity contribution < 1.29 is 15.2 Å². The van der Waals surface area contributed by atoms with Crippen LogP contribution in [0.4, 0.5) is 0 Å². The van der Waals surface area contributed by atoms with Gasteiger partial charge in [0, 0.05) is 6.42 Å². The molecular weight excluding hydrogens is 154 g/mol. The molecule has 0 amide bonds. The molecule has 0 saturated carbocycles. The molecule has 3 heteroatoms. The van der Waals surface area contributed by atoms with E-state index in [0.29, 0.717) is 6.79 Å². The van der Waals surface area contributed by atoms with E-state index >= 15 is 0 Å². The lowest BCUT2D eigenvalue weighted by atomic mass is 10.1. The highest BCUT2D eigenvalue weighted by Gasteiger charge is 2.12. The van der Waals surface area contributed by atoms with E-state index in [2.05, 4.69) is 11.8 Å². The summed E-state index contributed by atoms with van der Waals surface area (Å²) in [5.41, 5.74) is 5.06. The van der Waals surface area contributed by atoms with Crippen LogP contribution in [-0.2, 0) is 6.42 Å². The highest BCUT2D eigenvalue weighted by molar-refractivity contribution is 5.44. The molecule has 0 radical (unpaired) electrons. The molecule has 0 saturated heterocycles. The molecule has 0 spiro atoms. The molecule has 0 atom stereocenters. The Labute approximate surface area is 71.1 Å². The normalized spacial score (nSPS) is 13.4. The van der Waals surface area contributed by atoms with Crippen LogP contribution < -0.4 is 15.2 Å². The molecule has 0 bridgehead atoms. The SMILES string of the molecule is [NH3+]CCc1ccc2c(c1)OCO2. The second-order valence-corrected chi connectivity index (χ2v) is 2.79. The maximum atomic E-state index is 5.24. The Balaban J connectivity index is 2.26. The van der Waals surface area contributed by atoms with Gasteiger partial charge >= 0.3 is 0 Å². The summed E-state index contributed by atoms with van der Waals surface area (Å²) in [6.45, 7) is 1.27. The number of hydrogen-bond acceptors (Lipinski definition) is 2. The van der Waals surface area contributed by atoms with E-state index in [1.807, 2.05) is 12.1 Å². The number of quaternary nitrogens is 1. The van der Waals surface area contributed by atoms with E-state index in [0.717, 1.165) is 24.5 Å². The Morgan fingerprint density at radius 2 is 2.08 bits per heavy atom. The zero-order chi connectivity index (χ0) is 8.39. The van der Waals surface area contributed by atoms with Gasteiger partial charge in [-0.2, -0.15) is 0 Å². The van der Waals surface area contributed by atoms with Crippen LogP contribution in [0.25, 0.3) is 0 Å². The maximum absolute atomic E-state index is 5.24. The second kappa shape index (κ2) is 3.03. The summed E-state index contributed by atoms with van der Waals surface area (Å²) in [5.74, 6) is 1.71. The molecule has 1 aliphatic rings. The van der Waals surface area contributed by atoms with E-state index in [4.69, 9.17) is 9.47 Å². The van der Waals surface area contributed by atoms with Gasteiger partial charge < -0.3 is 15.2 Å². The average Bonchev–Trinajstić information content (AvgIpc) is 2.51. The van der Waals surface area contributed by atoms with E-state index < -0.39 is 0 Å². The zero-order valence-electron chi connectivity index (χ0n) is 6.88. The Morgan fingerprint density at radius 1 is 1.25 bits per heavy atom. The van der Waals surface area contributed by atoms with Crippen molar-refractivity contribution >= 4 is 0 Å². The van der Waals surface area contributed by atoms with Gasteiger partial charge in [0.15, 0.2) is 11.5 Å². The molecule has 0 aliphatic carbocycles. The van der Waals surface area contributed by atoms with Crippen molar-refractivity contribution in [3.63, 3.8) is 0 Å². The molecule has 1 aromatic carbocycles. The lowest BCUT2D eigenvalue weighted by Gasteiger charge is -1.98. The number of rotatable bonds is 2. The Hall–Kier alpha value is -1.22. The van der Waals surface area contributed by atoms with Crippen LogP contribution in [0.5, 0.6) is 11.5 Å². The van der Waals surface area contributed by atoms with Crippen molar-refractivity contribution in [1.82, 2.24) is 0 Å². The van der Waals surface area contributed by atoms with Crippen molar-refractivity contribution in [3.05, 3.63) is 23.8 Å². The first-order valence-corrected chi connectivity index (χ1v) is 4.08. The highest BCUT2D eigenvalue weighted by atomic mass is 16.7. The smallest absolute Gasteiger partial charge is 0.231 e. The van der Waals surface area contributed by atoms with Crippen LogP contribution in [-0.4, -0.2) is 13.3 Å². The molecule has 2 rings (SSSR count). The van der Waals surface area contributed by atoms with Gasteiger partial charge in [-0.1, -0.05) is 6.07 Å². The third-order valence-corrected chi connectivity index (χ3v) is 1.90. The summed E-state index contributed by atoms with van der Waals surface area (Å²) < 4.78 is 10.4. The maximum Gasteiger partial charge on any atom is 0.231 e. The Bertz CT molecular complexity index is 286. The summed E-state index contributed by atoms with van der Waals surface area (Å²) >= 11 is 0. The fourth-order valence-electron chi connectivity index (χ4n) is 1.30.